The van der Waals surface area contributed by atoms with Crippen molar-refractivity contribution < 1.29 is 17.4 Å². The second-order valence-corrected chi connectivity index (χ2v) is 7.53. The Balaban J connectivity index is 1.62. The maximum absolute atomic E-state index is 12.3. The molecule has 0 aromatic heterocycles. The molecule has 28 heavy (non-hydrogen) atoms. The number of carbonyl (C=O) groups is 1. The molecule has 0 aliphatic heterocycles. The highest BCUT2D eigenvalue weighted by atomic mass is 32.2. The molecular formula is C21H18N2O4S. The summed E-state index contributed by atoms with van der Waals surface area (Å²) in [5, 5.41) is 3.89. The minimum Gasteiger partial charge on any atom is -0.379 e. The van der Waals surface area contributed by atoms with Crippen LogP contribution in [-0.4, -0.2) is 20.5 Å². The minimum absolute atomic E-state index is 0.0902. The lowest BCUT2D eigenvalue weighted by Crippen LogP contribution is -2.17. The third-order valence-electron chi connectivity index (χ3n) is 3.81. The number of amides is 1. The van der Waals surface area contributed by atoms with Gasteiger partial charge < -0.3 is 4.18 Å². The van der Waals surface area contributed by atoms with Crippen LogP contribution in [0.5, 0.6) is 5.75 Å². The Bertz CT molecular complexity index is 1080. The van der Waals surface area contributed by atoms with Crippen LogP contribution in [0, 0.1) is 6.92 Å². The summed E-state index contributed by atoms with van der Waals surface area (Å²) in [6.07, 6.45) is 1.46. The van der Waals surface area contributed by atoms with Crippen molar-refractivity contribution in [3.8, 4) is 5.75 Å². The van der Waals surface area contributed by atoms with Crippen LogP contribution in [0.1, 0.15) is 21.5 Å². The van der Waals surface area contributed by atoms with E-state index in [-0.39, 0.29) is 16.6 Å². The standard InChI is InChI=1S/C21H18N2O4S/c1-16-7-13-20(14-8-16)28(25,26)27-19-11-9-17(10-12-19)15-22-23-21(24)18-5-3-2-4-6-18/h2-15H,1H3,(H,23,24)/b22-15-. The van der Waals surface area contributed by atoms with E-state index in [2.05, 4.69) is 10.5 Å². The van der Waals surface area contributed by atoms with Gasteiger partial charge >= 0.3 is 10.1 Å². The van der Waals surface area contributed by atoms with Gasteiger partial charge in [0, 0.05) is 5.56 Å². The number of nitrogens with one attached hydrogen (secondary N) is 1. The average Bonchev–Trinajstić information content (AvgIpc) is 2.70. The van der Waals surface area contributed by atoms with Gasteiger partial charge in [0.1, 0.15) is 10.6 Å². The predicted octanol–water partition coefficient (Wildman–Crippen LogP) is 3.53. The number of nitrogens with zero attached hydrogens (tertiary/aromatic N) is 1. The molecule has 0 bridgehead atoms. The molecule has 0 saturated carbocycles. The van der Waals surface area contributed by atoms with E-state index in [1.807, 2.05) is 13.0 Å². The molecule has 0 atom stereocenters. The molecule has 142 valence electrons. The van der Waals surface area contributed by atoms with Crippen LogP contribution in [0.25, 0.3) is 0 Å². The highest BCUT2D eigenvalue weighted by Gasteiger charge is 2.16. The monoisotopic (exact) mass is 394 g/mol. The maximum atomic E-state index is 12.3. The number of hydrogen-bond acceptors (Lipinski definition) is 5. The van der Waals surface area contributed by atoms with E-state index in [0.717, 1.165) is 5.56 Å². The van der Waals surface area contributed by atoms with Crippen molar-refractivity contribution >= 4 is 22.2 Å². The molecule has 0 aliphatic rings. The van der Waals surface area contributed by atoms with E-state index < -0.39 is 10.1 Å². The molecule has 1 N–H and O–H groups in total. The highest BCUT2D eigenvalue weighted by molar-refractivity contribution is 7.87. The van der Waals surface area contributed by atoms with Crippen LogP contribution in [0.2, 0.25) is 0 Å². The Kier molecular flexibility index (Phi) is 5.86. The number of hydrogen-bond donors (Lipinski definition) is 1. The lowest BCUT2D eigenvalue weighted by molar-refractivity contribution is 0.0955. The molecule has 0 saturated heterocycles. The maximum Gasteiger partial charge on any atom is 0.339 e. The Morgan fingerprint density at radius 1 is 0.929 bits per heavy atom. The number of benzene rings is 3. The SMILES string of the molecule is Cc1ccc(S(=O)(=O)Oc2ccc(/C=N\NC(=O)c3ccccc3)cc2)cc1. The van der Waals surface area contributed by atoms with E-state index in [0.29, 0.717) is 11.1 Å². The minimum atomic E-state index is -3.89. The van der Waals surface area contributed by atoms with Gasteiger partial charge in [-0.25, -0.2) is 5.43 Å². The Hall–Kier alpha value is -3.45. The van der Waals surface area contributed by atoms with Gasteiger partial charge in [-0.3, -0.25) is 4.79 Å². The number of carbonyl (C=O) groups excluding carboxylic acids is 1. The molecular weight excluding hydrogens is 376 g/mol. The summed E-state index contributed by atoms with van der Waals surface area (Å²) in [7, 11) is -3.89. The van der Waals surface area contributed by atoms with Crippen LogP contribution in [0.4, 0.5) is 0 Å². The van der Waals surface area contributed by atoms with Gasteiger partial charge in [-0.1, -0.05) is 35.9 Å². The van der Waals surface area contributed by atoms with Crippen molar-refractivity contribution in [3.05, 3.63) is 95.6 Å². The second kappa shape index (κ2) is 8.49. The predicted molar refractivity (Wildman–Crippen MR) is 107 cm³/mol. The molecule has 7 heteroatoms. The fourth-order valence-corrected chi connectivity index (χ4v) is 3.24. The molecule has 1 amide bonds. The van der Waals surface area contributed by atoms with Crippen molar-refractivity contribution in [2.45, 2.75) is 11.8 Å². The summed E-state index contributed by atoms with van der Waals surface area (Å²) in [4.78, 5) is 12.0. The quantitative estimate of drug-likeness (QED) is 0.394. The van der Waals surface area contributed by atoms with Gasteiger partial charge in [-0.2, -0.15) is 13.5 Å². The fraction of sp³-hybridized carbons (Fsp3) is 0.0476. The summed E-state index contributed by atoms with van der Waals surface area (Å²) >= 11 is 0. The molecule has 3 rings (SSSR count). The van der Waals surface area contributed by atoms with E-state index in [9.17, 15) is 13.2 Å². The fourth-order valence-electron chi connectivity index (χ4n) is 2.31. The van der Waals surface area contributed by atoms with Gasteiger partial charge in [0.2, 0.25) is 0 Å². The summed E-state index contributed by atoms with van der Waals surface area (Å²) in [6.45, 7) is 1.87. The van der Waals surface area contributed by atoms with E-state index in [1.54, 1.807) is 48.5 Å². The van der Waals surface area contributed by atoms with Gasteiger partial charge in [0.15, 0.2) is 0 Å². The molecule has 0 fully saturated rings. The van der Waals surface area contributed by atoms with E-state index in [4.69, 9.17) is 4.18 Å². The Morgan fingerprint density at radius 2 is 1.57 bits per heavy atom. The first kappa shape index (κ1) is 19.3. The lowest BCUT2D eigenvalue weighted by Gasteiger charge is -2.07. The molecule has 3 aromatic rings. The average molecular weight is 394 g/mol. The van der Waals surface area contributed by atoms with Crippen molar-refractivity contribution in [2.24, 2.45) is 5.10 Å². The first-order valence-electron chi connectivity index (χ1n) is 8.44. The number of hydrazone groups is 1. The van der Waals surface area contributed by atoms with Crippen LogP contribution >= 0.6 is 0 Å². The molecule has 0 spiro atoms. The van der Waals surface area contributed by atoms with Crippen LogP contribution in [0.15, 0.2) is 88.9 Å². The number of aryl methyl sites for hydroxylation is 1. The zero-order chi connectivity index (χ0) is 20.0. The summed E-state index contributed by atoms with van der Waals surface area (Å²) in [5.74, 6) is -0.132. The third kappa shape index (κ3) is 5.05. The third-order valence-corrected chi connectivity index (χ3v) is 5.07. The topological polar surface area (TPSA) is 84.8 Å². The first-order chi connectivity index (χ1) is 13.4. The van der Waals surface area contributed by atoms with E-state index >= 15 is 0 Å². The second-order valence-electron chi connectivity index (χ2n) is 5.98. The van der Waals surface area contributed by atoms with Crippen molar-refractivity contribution in [3.63, 3.8) is 0 Å². The van der Waals surface area contributed by atoms with Gasteiger partial charge in [0.25, 0.3) is 5.91 Å². The summed E-state index contributed by atoms with van der Waals surface area (Å²) < 4.78 is 29.7. The van der Waals surface area contributed by atoms with Crippen molar-refractivity contribution in [1.82, 2.24) is 5.43 Å². The zero-order valence-corrected chi connectivity index (χ0v) is 15.9. The molecule has 0 aliphatic carbocycles. The molecule has 6 nitrogen and oxygen atoms in total. The number of rotatable bonds is 6. The first-order valence-corrected chi connectivity index (χ1v) is 9.84. The molecule has 0 unspecified atom stereocenters. The molecule has 0 heterocycles. The van der Waals surface area contributed by atoms with Crippen molar-refractivity contribution in [2.75, 3.05) is 0 Å². The van der Waals surface area contributed by atoms with Gasteiger partial charge in [-0.05, 0) is 61.0 Å². The smallest absolute Gasteiger partial charge is 0.339 e. The summed E-state index contributed by atoms with van der Waals surface area (Å²) in [5.41, 5.74) is 4.57. The lowest BCUT2D eigenvalue weighted by atomic mass is 10.2. The zero-order valence-electron chi connectivity index (χ0n) is 15.1. The summed E-state index contributed by atoms with van der Waals surface area (Å²) in [6, 6.07) is 21.5. The Morgan fingerprint density at radius 3 is 2.21 bits per heavy atom. The largest absolute Gasteiger partial charge is 0.379 e. The van der Waals surface area contributed by atoms with Gasteiger partial charge in [0.05, 0.1) is 6.21 Å². The Labute approximate surface area is 163 Å². The van der Waals surface area contributed by atoms with Crippen LogP contribution in [-0.2, 0) is 10.1 Å². The highest BCUT2D eigenvalue weighted by Crippen LogP contribution is 2.19. The van der Waals surface area contributed by atoms with Crippen LogP contribution < -0.4 is 9.61 Å². The van der Waals surface area contributed by atoms with Gasteiger partial charge in [-0.15, -0.1) is 0 Å². The molecule has 0 radical (unpaired) electrons. The molecule has 3 aromatic carbocycles. The van der Waals surface area contributed by atoms with Crippen molar-refractivity contribution in [1.29, 1.82) is 0 Å². The van der Waals surface area contributed by atoms with Crippen LogP contribution in [0.3, 0.4) is 0 Å². The van der Waals surface area contributed by atoms with E-state index in [1.165, 1.54) is 30.5 Å². The normalized spacial score (nSPS) is 11.3.